The second-order valence-electron chi connectivity index (χ2n) is 4.47. The lowest BCUT2D eigenvalue weighted by atomic mass is 9.98. The van der Waals surface area contributed by atoms with Crippen LogP contribution in [0.4, 0.5) is 52.7 Å². The van der Waals surface area contributed by atoms with Gasteiger partial charge in [-0.1, -0.05) is 0 Å². The van der Waals surface area contributed by atoms with E-state index >= 15 is 0 Å². The maximum absolute atomic E-state index is 13.4. The lowest BCUT2D eigenvalue weighted by Crippen LogP contribution is -2.44. The van der Waals surface area contributed by atoms with Crippen molar-refractivity contribution in [3.8, 4) is 0 Å². The molecule has 0 saturated heterocycles. The van der Waals surface area contributed by atoms with Gasteiger partial charge in [0.15, 0.2) is 11.2 Å². The van der Waals surface area contributed by atoms with E-state index in [1.807, 2.05) is 0 Å². The lowest BCUT2D eigenvalue weighted by Gasteiger charge is -2.35. The fourth-order valence-electron chi connectivity index (χ4n) is 1.50. The molecule has 0 aromatic heterocycles. The number of halogens is 12. The molecule has 0 aromatic rings. The summed E-state index contributed by atoms with van der Waals surface area (Å²) in [7, 11) is 0. The highest BCUT2D eigenvalue weighted by atomic mass is 19.3. The van der Waals surface area contributed by atoms with Gasteiger partial charge in [-0.3, -0.25) is 0 Å². The summed E-state index contributed by atoms with van der Waals surface area (Å²) in [4.78, 5) is 0. The minimum atomic E-state index is -4.41. The fraction of sp³-hybridized carbons (Fsp3) is 0.333. The molecule has 0 fully saturated rings. The Labute approximate surface area is 131 Å². The Kier molecular flexibility index (Phi) is 7.36. The van der Waals surface area contributed by atoms with E-state index in [2.05, 4.69) is 4.74 Å². The van der Waals surface area contributed by atoms with Crippen molar-refractivity contribution in [2.75, 3.05) is 0 Å². The van der Waals surface area contributed by atoms with Crippen molar-refractivity contribution in [1.29, 1.82) is 0 Å². The summed E-state index contributed by atoms with van der Waals surface area (Å²) in [6.45, 7) is -0.609. The second-order valence-corrected chi connectivity index (χ2v) is 4.47. The van der Waals surface area contributed by atoms with Crippen molar-refractivity contribution >= 4 is 0 Å². The molecule has 0 aliphatic carbocycles. The van der Waals surface area contributed by atoms with Crippen LogP contribution in [0.1, 0.15) is 13.8 Å². The van der Waals surface area contributed by atoms with E-state index in [0.717, 1.165) is 0 Å². The van der Waals surface area contributed by atoms with Gasteiger partial charge in [-0.05, 0) is 13.8 Å². The van der Waals surface area contributed by atoms with E-state index in [4.69, 9.17) is 0 Å². The molecule has 0 unspecified atom stereocenters. The van der Waals surface area contributed by atoms with Crippen LogP contribution in [0.2, 0.25) is 0 Å². The molecule has 0 bridgehead atoms. The van der Waals surface area contributed by atoms with E-state index in [9.17, 15) is 52.7 Å². The largest absolute Gasteiger partial charge is 0.340 e. The molecule has 0 aliphatic heterocycles. The van der Waals surface area contributed by atoms with Crippen molar-refractivity contribution in [2.24, 2.45) is 0 Å². The molecular formula is C12H6F12O. The Balaban J connectivity index is 6.82. The first-order valence-corrected chi connectivity index (χ1v) is 5.68. The number of hydrogen-bond acceptors (Lipinski definition) is 1. The summed E-state index contributed by atoms with van der Waals surface area (Å²) < 4.78 is 156. The van der Waals surface area contributed by atoms with E-state index in [0.29, 0.717) is 0 Å². The van der Waals surface area contributed by atoms with E-state index in [1.54, 1.807) is 0 Å². The molecule has 25 heavy (non-hydrogen) atoms. The Morgan fingerprint density at radius 1 is 0.440 bits per heavy atom. The van der Waals surface area contributed by atoms with Gasteiger partial charge in [0.2, 0.25) is 23.3 Å². The molecule has 0 saturated carbocycles. The normalized spacial score (nSPS) is 11.8. The molecule has 0 rings (SSSR count). The van der Waals surface area contributed by atoms with E-state index < -0.39 is 58.8 Å². The standard InChI is InChI=1S/C12H6F12O/c1-11(3(13)7(17)18,4(14)8(19)20)25-12(2,5(15)9(21)22)6(16)10(23)24/h1-2H3. The Morgan fingerprint density at radius 2 is 0.600 bits per heavy atom. The fourth-order valence-corrected chi connectivity index (χ4v) is 1.50. The Hall–Kier alpha value is -1.92. The zero-order valence-corrected chi connectivity index (χ0v) is 11.9. The second kappa shape index (κ2) is 7.97. The van der Waals surface area contributed by atoms with Gasteiger partial charge in [-0.2, -0.15) is 35.1 Å². The third-order valence-electron chi connectivity index (χ3n) is 2.75. The van der Waals surface area contributed by atoms with Gasteiger partial charge >= 0.3 is 24.3 Å². The third-order valence-corrected chi connectivity index (χ3v) is 2.75. The Bertz CT molecular complexity index is 539. The maximum Gasteiger partial charge on any atom is 0.305 e. The zero-order chi connectivity index (χ0) is 20.3. The summed E-state index contributed by atoms with van der Waals surface area (Å²) >= 11 is 0. The minimum absolute atomic E-state index is 0.304. The molecule has 0 aromatic carbocycles. The quantitative estimate of drug-likeness (QED) is 0.449. The molecule has 0 spiro atoms. The van der Waals surface area contributed by atoms with E-state index in [-0.39, 0.29) is 13.8 Å². The molecule has 0 amide bonds. The van der Waals surface area contributed by atoms with Crippen molar-refractivity contribution in [1.82, 2.24) is 0 Å². The smallest absolute Gasteiger partial charge is 0.305 e. The highest BCUT2D eigenvalue weighted by molar-refractivity contribution is 5.31. The first-order chi connectivity index (χ1) is 11.1. The van der Waals surface area contributed by atoms with Crippen LogP contribution in [-0.4, -0.2) is 11.2 Å². The van der Waals surface area contributed by atoms with Crippen molar-refractivity contribution in [2.45, 2.75) is 25.0 Å². The SMILES string of the molecule is CC(OC(C)(C(F)=C(F)F)C(F)=C(F)F)(C(F)=C(F)F)C(F)=C(F)F. The van der Waals surface area contributed by atoms with Gasteiger partial charge < -0.3 is 4.74 Å². The van der Waals surface area contributed by atoms with Crippen LogP contribution in [0, 0.1) is 0 Å². The Morgan fingerprint density at radius 3 is 0.720 bits per heavy atom. The molecule has 0 atom stereocenters. The first kappa shape index (κ1) is 23.1. The van der Waals surface area contributed by atoms with Crippen LogP contribution in [-0.2, 0) is 4.74 Å². The summed E-state index contributed by atoms with van der Waals surface area (Å²) in [5, 5.41) is 0. The molecule has 0 aliphatic rings. The summed E-state index contributed by atoms with van der Waals surface area (Å²) in [6.07, 6.45) is -14.2. The summed E-state index contributed by atoms with van der Waals surface area (Å²) in [6, 6.07) is 0. The van der Waals surface area contributed by atoms with E-state index in [1.165, 1.54) is 0 Å². The van der Waals surface area contributed by atoms with Crippen LogP contribution in [0.15, 0.2) is 47.6 Å². The lowest BCUT2D eigenvalue weighted by molar-refractivity contribution is -0.109. The van der Waals surface area contributed by atoms with Crippen molar-refractivity contribution < 1.29 is 57.4 Å². The summed E-state index contributed by atoms with van der Waals surface area (Å²) in [5.41, 5.74) is -8.82. The van der Waals surface area contributed by atoms with Crippen molar-refractivity contribution in [3.05, 3.63) is 47.6 Å². The number of ether oxygens (including phenoxy) is 1. The predicted molar refractivity (Wildman–Crippen MR) is 59.3 cm³/mol. The van der Waals surface area contributed by atoms with Crippen LogP contribution in [0.25, 0.3) is 0 Å². The predicted octanol–water partition coefficient (Wildman–Crippen LogP) is 6.83. The molecule has 13 heteroatoms. The average molecular weight is 394 g/mol. The molecule has 0 radical (unpaired) electrons. The molecule has 1 nitrogen and oxygen atoms in total. The van der Waals surface area contributed by atoms with Gasteiger partial charge in [-0.25, -0.2) is 17.6 Å². The number of rotatable bonds is 6. The maximum atomic E-state index is 13.4. The molecular weight excluding hydrogens is 388 g/mol. The van der Waals surface area contributed by atoms with Gasteiger partial charge in [0.05, 0.1) is 0 Å². The average Bonchev–Trinajstić information content (AvgIpc) is 2.50. The van der Waals surface area contributed by atoms with Gasteiger partial charge in [0, 0.05) is 0 Å². The molecule has 0 N–H and O–H groups in total. The van der Waals surface area contributed by atoms with Gasteiger partial charge in [-0.15, -0.1) is 0 Å². The van der Waals surface area contributed by atoms with Crippen LogP contribution in [0.5, 0.6) is 0 Å². The molecule has 0 heterocycles. The highest BCUT2D eigenvalue weighted by Gasteiger charge is 2.53. The third kappa shape index (κ3) is 4.58. The van der Waals surface area contributed by atoms with Crippen LogP contribution in [0.3, 0.4) is 0 Å². The van der Waals surface area contributed by atoms with Gasteiger partial charge in [0.1, 0.15) is 0 Å². The number of hydrogen-bond donors (Lipinski definition) is 0. The minimum Gasteiger partial charge on any atom is -0.340 e. The monoisotopic (exact) mass is 394 g/mol. The molecule has 144 valence electrons. The highest BCUT2D eigenvalue weighted by Crippen LogP contribution is 2.46. The zero-order valence-electron chi connectivity index (χ0n) is 11.9. The van der Waals surface area contributed by atoms with Crippen molar-refractivity contribution in [3.63, 3.8) is 0 Å². The van der Waals surface area contributed by atoms with Crippen LogP contribution < -0.4 is 0 Å². The van der Waals surface area contributed by atoms with Crippen LogP contribution >= 0.6 is 0 Å². The van der Waals surface area contributed by atoms with Gasteiger partial charge in [0.25, 0.3) is 0 Å². The topological polar surface area (TPSA) is 9.23 Å². The summed E-state index contributed by atoms with van der Waals surface area (Å²) in [5.74, 6) is -12.9. The first-order valence-electron chi connectivity index (χ1n) is 5.68.